The van der Waals surface area contributed by atoms with Crippen molar-refractivity contribution in [3.8, 4) is 0 Å². The number of carbonyl (C=O) groups is 3. The lowest BCUT2D eigenvalue weighted by Gasteiger charge is -2.33. The number of nitrogens with one attached hydrogen (secondary N) is 1. The standard InChI is InChI=1S/C25H29N3O3/c29-23-17-21(18-28(23)22-9-5-2-6-10-22)25(31)27-15-12-20(13-16-27)24(30)26-14-11-19-7-3-1-4-8-19/h1-10,20-21H,11-18H2,(H,26,30)/t21-/m0/s1. The van der Waals surface area contributed by atoms with Crippen LogP contribution in [0.15, 0.2) is 60.7 Å². The Balaban J connectivity index is 1.22. The van der Waals surface area contributed by atoms with Gasteiger partial charge >= 0.3 is 0 Å². The van der Waals surface area contributed by atoms with Crippen LogP contribution in [-0.2, 0) is 20.8 Å². The van der Waals surface area contributed by atoms with Crippen molar-refractivity contribution in [2.75, 3.05) is 31.1 Å². The van der Waals surface area contributed by atoms with Crippen LogP contribution in [0.25, 0.3) is 0 Å². The van der Waals surface area contributed by atoms with Crippen molar-refractivity contribution in [1.29, 1.82) is 0 Å². The first-order valence-electron chi connectivity index (χ1n) is 11.1. The fraction of sp³-hybridized carbons (Fsp3) is 0.400. The minimum Gasteiger partial charge on any atom is -0.356 e. The predicted octanol–water partition coefficient (Wildman–Crippen LogP) is 2.64. The van der Waals surface area contributed by atoms with Crippen molar-refractivity contribution < 1.29 is 14.4 Å². The number of hydrogen-bond acceptors (Lipinski definition) is 3. The van der Waals surface area contributed by atoms with E-state index >= 15 is 0 Å². The minimum atomic E-state index is -0.302. The van der Waals surface area contributed by atoms with Gasteiger partial charge in [0.2, 0.25) is 17.7 Å². The topological polar surface area (TPSA) is 69.7 Å². The maximum atomic E-state index is 13.0. The van der Waals surface area contributed by atoms with E-state index in [2.05, 4.69) is 17.4 Å². The summed E-state index contributed by atoms with van der Waals surface area (Å²) >= 11 is 0. The predicted molar refractivity (Wildman–Crippen MR) is 119 cm³/mol. The number of likely N-dealkylation sites (tertiary alicyclic amines) is 1. The highest BCUT2D eigenvalue weighted by Crippen LogP contribution is 2.27. The van der Waals surface area contributed by atoms with E-state index in [1.165, 1.54) is 5.56 Å². The summed E-state index contributed by atoms with van der Waals surface area (Å²) in [6.45, 7) is 2.21. The van der Waals surface area contributed by atoms with Gasteiger partial charge in [-0.05, 0) is 37.0 Å². The van der Waals surface area contributed by atoms with Gasteiger partial charge in [-0.15, -0.1) is 0 Å². The number of anilines is 1. The molecule has 162 valence electrons. The molecule has 2 aliphatic heterocycles. The molecule has 2 aromatic carbocycles. The molecular weight excluding hydrogens is 390 g/mol. The number of para-hydroxylation sites is 1. The SMILES string of the molecule is O=C(NCCc1ccccc1)C1CCN(C(=O)[C@H]2CC(=O)N(c3ccccc3)C2)CC1. The Bertz CT molecular complexity index is 908. The van der Waals surface area contributed by atoms with Crippen LogP contribution in [0, 0.1) is 11.8 Å². The first-order valence-corrected chi connectivity index (χ1v) is 11.1. The summed E-state index contributed by atoms with van der Waals surface area (Å²) in [7, 11) is 0. The summed E-state index contributed by atoms with van der Waals surface area (Å²) in [5.74, 6) is -0.240. The van der Waals surface area contributed by atoms with Gasteiger partial charge in [-0.3, -0.25) is 14.4 Å². The Morgan fingerprint density at radius 1 is 0.903 bits per heavy atom. The quantitative estimate of drug-likeness (QED) is 0.783. The largest absolute Gasteiger partial charge is 0.356 e. The Hall–Kier alpha value is -3.15. The van der Waals surface area contributed by atoms with Crippen LogP contribution in [0.5, 0.6) is 0 Å². The van der Waals surface area contributed by atoms with Gasteiger partial charge in [0.15, 0.2) is 0 Å². The van der Waals surface area contributed by atoms with E-state index in [0.29, 0.717) is 39.0 Å². The second-order valence-electron chi connectivity index (χ2n) is 8.37. The van der Waals surface area contributed by atoms with Crippen molar-refractivity contribution >= 4 is 23.4 Å². The van der Waals surface area contributed by atoms with Crippen LogP contribution < -0.4 is 10.2 Å². The van der Waals surface area contributed by atoms with Crippen molar-refractivity contribution in [3.63, 3.8) is 0 Å². The highest BCUT2D eigenvalue weighted by Gasteiger charge is 2.38. The van der Waals surface area contributed by atoms with E-state index in [0.717, 1.165) is 12.1 Å². The van der Waals surface area contributed by atoms with Crippen molar-refractivity contribution in [2.45, 2.75) is 25.7 Å². The molecule has 31 heavy (non-hydrogen) atoms. The van der Waals surface area contributed by atoms with Crippen molar-refractivity contribution in [1.82, 2.24) is 10.2 Å². The van der Waals surface area contributed by atoms with E-state index in [9.17, 15) is 14.4 Å². The fourth-order valence-electron chi connectivity index (χ4n) is 4.47. The lowest BCUT2D eigenvalue weighted by Crippen LogP contribution is -2.45. The Labute approximate surface area is 183 Å². The molecule has 0 aliphatic carbocycles. The molecule has 0 unspecified atom stereocenters. The first kappa shape index (κ1) is 21.1. The second kappa shape index (κ2) is 9.77. The summed E-state index contributed by atoms with van der Waals surface area (Å²) in [6, 6.07) is 19.6. The lowest BCUT2D eigenvalue weighted by atomic mass is 9.94. The molecule has 0 saturated carbocycles. The van der Waals surface area contributed by atoms with Gasteiger partial charge in [0.1, 0.15) is 0 Å². The van der Waals surface area contributed by atoms with E-state index in [1.807, 2.05) is 53.4 Å². The summed E-state index contributed by atoms with van der Waals surface area (Å²) in [4.78, 5) is 41.4. The summed E-state index contributed by atoms with van der Waals surface area (Å²) < 4.78 is 0. The molecule has 6 heteroatoms. The highest BCUT2D eigenvalue weighted by molar-refractivity contribution is 6.00. The number of piperidine rings is 1. The number of rotatable bonds is 6. The zero-order valence-electron chi connectivity index (χ0n) is 17.7. The van der Waals surface area contributed by atoms with Crippen LogP contribution in [0.3, 0.4) is 0 Å². The van der Waals surface area contributed by atoms with Gasteiger partial charge < -0.3 is 15.1 Å². The van der Waals surface area contributed by atoms with E-state index in [4.69, 9.17) is 0 Å². The fourth-order valence-corrected chi connectivity index (χ4v) is 4.47. The Morgan fingerprint density at radius 3 is 2.23 bits per heavy atom. The molecular formula is C25H29N3O3. The van der Waals surface area contributed by atoms with Crippen LogP contribution in [0.4, 0.5) is 5.69 Å². The van der Waals surface area contributed by atoms with Crippen LogP contribution in [0.2, 0.25) is 0 Å². The molecule has 2 saturated heterocycles. The number of hydrogen-bond donors (Lipinski definition) is 1. The maximum absolute atomic E-state index is 13.0. The first-order chi connectivity index (χ1) is 15.1. The molecule has 1 atom stereocenters. The van der Waals surface area contributed by atoms with Crippen molar-refractivity contribution in [2.24, 2.45) is 11.8 Å². The van der Waals surface area contributed by atoms with Gasteiger partial charge in [-0.1, -0.05) is 48.5 Å². The molecule has 2 fully saturated rings. The molecule has 4 rings (SSSR count). The lowest BCUT2D eigenvalue weighted by molar-refractivity contribution is -0.139. The molecule has 2 aliphatic rings. The Kier molecular flexibility index (Phi) is 6.65. The second-order valence-corrected chi connectivity index (χ2v) is 8.37. The molecule has 0 aromatic heterocycles. The molecule has 0 spiro atoms. The molecule has 0 bridgehead atoms. The molecule has 2 aromatic rings. The summed E-state index contributed by atoms with van der Waals surface area (Å²) in [5, 5.41) is 3.04. The number of nitrogens with zero attached hydrogens (tertiary/aromatic N) is 2. The average Bonchev–Trinajstić information content (AvgIpc) is 3.21. The third-order valence-corrected chi connectivity index (χ3v) is 6.28. The smallest absolute Gasteiger partial charge is 0.228 e. The van der Waals surface area contributed by atoms with Gasteiger partial charge in [0.05, 0.1) is 5.92 Å². The number of carbonyl (C=O) groups excluding carboxylic acids is 3. The zero-order valence-corrected chi connectivity index (χ0v) is 17.7. The molecule has 1 N–H and O–H groups in total. The highest BCUT2D eigenvalue weighted by atomic mass is 16.2. The van der Waals surface area contributed by atoms with Gasteiger partial charge in [0.25, 0.3) is 0 Å². The Morgan fingerprint density at radius 2 is 1.55 bits per heavy atom. The van der Waals surface area contributed by atoms with E-state index < -0.39 is 0 Å². The number of amides is 3. The van der Waals surface area contributed by atoms with Crippen LogP contribution >= 0.6 is 0 Å². The third-order valence-electron chi connectivity index (χ3n) is 6.28. The molecule has 0 radical (unpaired) electrons. The molecule has 3 amide bonds. The zero-order chi connectivity index (χ0) is 21.6. The molecule has 2 heterocycles. The van der Waals surface area contributed by atoms with Crippen molar-refractivity contribution in [3.05, 3.63) is 66.2 Å². The van der Waals surface area contributed by atoms with Gasteiger partial charge in [0, 0.05) is 44.2 Å². The summed E-state index contributed by atoms with van der Waals surface area (Å²) in [6.07, 6.45) is 2.42. The monoisotopic (exact) mass is 419 g/mol. The number of benzene rings is 2. The average molecular weight is 420 g/mol. The van der Waals surface area contributed by atoms with Gasteiger partial charge in [-0.25, -0.2) is 0 Å². The maximum Gasteiger partial charge on any atom is 0.228 e. The van der Waals surface area contributed by atoms with E-state index in [1.54, 1.807) is 4.90 Å². The molecule has 6 nitrogen and oxygen atoms in total. The minimum absolute atomic E-state index is 0.00256. The van der Waals surface area contributed by atoms with Gasteiger partial charge in [-0.2, -0.15) is 0 Å². The normalized spacial score (nSPS) is 19.5. The summed E-state index contributed by atoms with van der Waals surface area (Å²) in [5.41, 5.74) is 2.05. The van der Waals surface area contributed by atoms with E-state index in [-0.39, 0.29) is 36.0 Å². The van der Waals surface area contributed by atoms with Crippen LogP contribution in [0.1, 0.15) is 24.8 Å². The van der Waals surface area contributed by atoms with Crippen LogP contribution in [-0.4, -0.2) is 48.8 Å². The third kappa shape index (κ3) is 5.13.